The highest BCUT2D eigenvalue weighted by molar-refractivity contribution is 5.15. The Balaban J connectivity index is 2.55. The van der Waals surface area contributed by atoms with Crippen LogP contribution in [-0.4, -0.2) is 0 Å². The van der Waals surface area contributed by atoms with E-state index < -0.39 is 0 Å². The van der Waals surface area contributed by atoms with Gasteiger partial charge in [-0.2, -0.15) is 0 Å². The summed E-state index contributed by atoms with van der Waals surface area (Å²) in [7, 11) is 0. The molecular weight excluding hydrogens is 132 g/mol. The fourth-order valence-corrected chi connectivity index (χ4v) is 1.36. The lowest BCUT2D eigenvalue weighted by atomic mass is 9.95. The molecule has 1 aliphatic carbocycles. The van der Waals surface area contributed by atoms with Gasteiger partial charge in [-0.3, -0.25) is 0 Å². The molecule has 0 saturated carbocycles. The molecule has 0 aromatic rings. The van der Waals surface area contributed by atoms with E-state index in [-0.39, 0.29) is 0 Å². The number of hydrogen-bond acceptors (Lipinski definition) is 0. The summed E-state index contributed by atoms with van der Waals surface area (Å²) in [4.78, 5) is 0. The lowest BCUT2D eigenvalue weighted by Gasteiger charge is -2.09. The van der Waals surface area contributed by atoms with Crippen LogP contribution in [0.3, 0.4) is 0 Å². The van der Waals surface area contributed by atoms with Crippen LogP contribution in [0.5, 0.6) is 0 Å². The van der Waals surface area contributed by atoms with Crippen molar-refractivity contribution in [3.05, 3.63) is 49.6 Å². The summed E-state index contributed by atoms with van der Waals surface area (Å²) in [6.07, 6.45) is 13.6. The molecule has 0 nitrogen and oxygen atoms in total. The molecule has 58 valence electrons. The minimum absolute atomic E-state index is 0.547. The molecule has 0 heterocycles. The molecule has 1 aliphatic rings. The average molecular weight is 146 g/mol. The van der Waals surface area contributed by atoms with Gasteiger partial charge in [-0.15, -0.1) is 6.58 Å². The molecule has 0 saturated heterocycles. The Kier molecular flexibility index (Phi) is 2.91. The van der Waals surface area contributed by atoms with E-state index >= 15 is 0 Å². The first-order valence-corrected chi connectivity index (χ1v) is 3.97. The summed E-state index contributed by atoms with van der Waals surface area (Å²) in [5, 5.41) is 0. The van der Waals surface area contributed by atoms with Gasteiger partial charge in [0, 0.05) is 5.92 Å². The first-order valence-electron chi connectivity index (χ1n) is 3.97. The normalized spacial score (nSPS) is 29.5. The third-order valence-electron chi connectivity index (χ3n) is 2.03. The van der Waals surface area contributed by atoms with E-state index in [0.29, 0.717) is 11.8 Å². The predicted octanol–water partition coefficient (Wildman–Crippen LogP) is 3.11. The Labute approximate surface area is 68.6 Å². The molecule has 0 aromatic heterocycles. The zero-order valence-corrected chi connectivity index (χ0v) is 6.74. The topological polar surface area (TPSA) is 0 Å². The Morgan fingerprint density at radius 3 is 2.82 bits per heavy atom. The van der Waals surface area contributed by atoms with Gasteiger partial charge < -0.3 is 0 Å². The molecule has 0 bridgehead atoms. The molecule has 11 heavy (non-hydrogen) atoms. The van der Waals surface area contributed by atoms with Crippen molar-refractivity contribution in [3.63, 3.8) is 0 Å². The van der Waals surface area contributed by atoms with Crippen LogP contribution in [0, 0.1) is 11.8 Å². The molecule has 0 amide bonds. The molecular formula is C11H14. The van der Waals surface area contributed by atoms with Crippen molar-refractivity contribution < 1.29 is 0 Å². The van der Waals surface area contributed by atoms with Crippen LogP contribution in [0.15, 0.2) is 49.6 Å². The second-order valence-electron chi connectivity index (χ2n) is 2.76. The van der Waals surface area contributed by atoms with Crippen molar-refractivity contribution in [1.29, 1.82) is 0 Å². The highest BCUT2D eigenvalue weighted by Crippen LogP contribution is 2.26. The van der Waals surface area contributed by atoms with Crippen LogP contribution in [0.2, 0.25) is 0 Å². The van der Waals surface area contributed by atoms with Gasteiger partial charge in [0.25, 0.3) is 0 Å². The molecule has 0 radical (unpaired) electrons. The van der Waals surface area contributed by atoms with Gasteiger partial charge in [0.2, 0.25) is 0 Å². The first-order chi connectivity index (χ1) is 5.38. The molecule has 0 spiro atoms. The highest BCUT2D eigenvalue weighted by atomic mass is 14.2. The zero-order valence-electron chi connectivity index (χ0n) is 6.74. The van der Waals surface area contributed by atoms with E-state index in [9.17, 15) is 0 Å². The minimum atomic E-state index is 0.547. The van der Waals surface area contributed by atoms with Gasteiger partial charge in [-0.25, -0.2) is 0 Å². The Bertz CT molecular complexity index is 196. The highest BCUT2D eigenvalue weighted by Gasteiger charge is 2.15. The van der Waals surface area contributed by atoms with Gasteiger partial charge >= 0.3 is 0 Å². The van der Waals surface area contributed by atoms with Crippen LogP contribution in [0.4, 0.5) is 0 Å². The van der Waals surface area contributed by atoms with Crippen molar-refractivity contribution in [2.45, 2.75) is 6.42 Å². The number of hydrogen-bond donors (Lipinski definition) is 0. The predicted molar refractivity (Wildman–Crippen MR) is 50.3 cm³/mol. The van der Waals surface area contributed by atoms with Crippen LogP contribution in [0.25, 0.3) is 0 Å². The van der Waals surface area contributed by atoms with Gasteiger partial charge in [0.1, 0.15) is 0 Å². The molecule has 1 rings (SSSR count). The minimum Gasteiger partial charge on any atom is -0.103 e. The van der Waals surface area contributed by atoms with E-state index in [1.54, 1.807) is 0 Å². The van der Waals surface area contributed by atoms with Crippen LogP contribution in [-0.2, 0) is 0 Å². The maximum atomic E-state index is 3.80. The summed E-state index contributed by atoms with van der Waals surface area (Å²) in [6.45, 7) is 7.44. The second kappa shape index (κ2) is 3.97. The van der Waals surface area contributed by atoms with Crippen molar-refractivity contribution >= 4 is 0 Å². The van der Waals surface area contributed by atoms with Crippen molar-refractivity contribution in [3.8, 4) is 0 Å². The summed E-state index contributed by atoms with van der Waals surface area (Å²) in [5.41, 5.74) is 0. The maximum absolute atomic E-state index is 3.80. The summed E-state index contributed by atoms with van der Waals surface area (Å²) < 4.78 is 0. The third kappa shape index (κ3) is 1.94. The van der Waals surface area contributed by atoms with Crippen LogP contribution >= 0.6 is 0 Å². The Hall–Kier alpha value is -1.04. The largest absolute Gasteiger partial charge is 0.103 e. The Morgan fingerprint density at radius 1 is 1.36 bits per heavy atom. The number of allylic oxidation sites excluding steroid dienone is 6. The maximum Gasteiger partial charge on any atom is 0.00154 e. The quantitative estimate of drug-likeness (QED) is 0.424. The van der Waals surface area contributed by atoms with Crippen molar-refractivity contribution in [1.82, 2.24) is 0 Å². The lowest BCUT2D eigenvalue weighted by Crippen LogP contribution is -2.00. The second-order valence-corrected chi connectivity index (χ2v) is 2.76. The molecule has 0 aliphatic heterocycles. The zero-order chi connectivity index (χ0) is 8.10. The van der Waals surface area contributed by atoms with E-state index in [1.807, 2.05) is 18.2 Å². The van der Waals surface area contributed by atoms with E-state index in [4.69, 9.17) is 0 Å². The van der Waals surface area contributed by atoms with Gasteiger partial charge in [-0.05, 0) is 12.3 Å². The molecule has 0 N–H and O–H groups in total. The Morgan fingerprint density at radius 2 is 2.18 bits per heavy atom. The molecule has 2 unspecified atom stereocenters. The first kappa shape index (κ1) is 8.06. The van der Waals surface area contributed by atoms with Crippen molar-refractivity contribution in [2.24, 2.45) is 11.8 Å². The van der Waals surface area contributed by atoms with Gasteiger partial charge in [0.15, 0.2) is 0 Å². The third-order valence-corrected chi connectivity index (χ3v) is 2.03. The monoisotopic (exact) mass is 146 g/mol. The standard InChI is InChI=1S/C11H14/c1-3-5-7-11-9-6-8-10(11)4-2/h3-7,9-11H,1-2,8H2/b7-5+. The number of rotatable bonds is 3. The SMILES string of the molecule is C=C/C=C/C1C=CCC1C=C. The molecule has 0 heteroatoms. The van der Waals surface area contributed by atoms with E-state index in [2.05, 4.69) is 31.4 Å². The fourth-order valence-electron chi connectivity index (χ4n) is 1.36. The van der Waals surface area contributed by atoms with Crippen LogP contribution < -0.4 is 0 Å². The van der Waals surface area contributed by atoms with Crippen LogP contribution in [0.1, 0.15) is 6.42 Å². The summed E-state index contributed by atoms with van der Waals surface area (Å²) in [5.74, 6) is 1.15. The lowest BCUT2D eigenvalue weighted by molar-refractivity contribution is 0.604. The van der Waals surface area contributed by atoms with Gasteiger partial charge in [-0.1, -0.05) is 43.0 Å². The summed E-state index contributed by atoms with van der Waals surface area (Å²) >= 11 is 0. The summed E-state index contributed by atoms with van der Waals surface area (Å²) in [6, 6.07) is 0. The molecule has 0 fully saturated rings. The average Bonchev–Trinajstić information content (AvgIpc) is 2.47. The van der Waals surface area contributed by atoms with Gasteiger partial charge in [0.05, 0.1) is 0 Å². The van der Waals surface area contributed by atoms with E-state index in [0.717, 1.165) is 6.42 Å². The van der Waals surface area contributed by atoms with Crippen molar-refractivity contribution in [2.75, 3.05) is 0 Å². The molecule has 0 aromatic carbocycles. The smallest absolute Gasteiger partial charge is 0.00154 e. The molecule has 2 atom stereocenters. The van der Waals surface area contributed by atoms with E-state index in [1.165, 1.54) is 0 Å². The fraction of sp³-hybridized carbons (Fsp3) is 0.273.